The van der Waals surface area contributed by atoms with Crippen LogP contribution in [0, 0.1) is 0 Å². The zero-order valence-corrected chi connectivity index (χ0v) is 14.8. The molecule has 0 aliphatic carbocycles. The van der Waals surface area contributed by atoms with Crippen molar-refractivity contribution in [3.8, 4) is 10.7 Å². The Morgan fingerprint density at radius 1 is 1.42 bits per heavy atom. The van der Waals surface area contributed by atoms with Crippen molar-refractivity contribution in [3.05, 3.63) is 47.1 Å². The summed E-state index contributed by atoms with van der Waals surface area (Å²) in [5, 5.41) is 15.0. The third-order valence-electron chi connectivity index (χ3n) is 4.21. The third kappa shape index (κ3) is 3.04. The van der Waals surface area contributed by atoms with E-state index in [-0.39, 0.29) is 11.9 Å². The van der Waals surface area contributed by atoms with Crippen LogP contribution in [0.5, 0.6) is 0 Å². The first-order chi connectivity index (χ1) is 12.6. The highest BCUT2D eigenvalue weighted by molar-refractivity contribution is 7.13. The van der Waals surface area contributed by atoms with Gasteiger partial charge in [0.2, 0.25) is 5.91 Å². The highest BCUT2D eigenvalue weighted by atomic mass is 32.1. The Kier molecular flexibility index (Phi) is 4.13. The molecule has 8 nitrogen and oxygen atoms in total. The van der Waals surface area contributed by atoms with E-state index in [0.29, 0.717) is 24.3 Å². The molecule has 1 aliphatic heterocycles. The molecule has 132 valence electrons. The van der Waals surface area contributed by atoms with Gasteiger partial charge in [0, 0.05) is 30.9 Å². The normalized spacial score (nSPS) is 13.0. The van der Waals surface area contributed by atoms with Gasteiger partial charge in [-0.2, -0.15) is 5.10 Å². The highest BCUT2D eigenvalue weighted by Crippen LogP contribution is 2.28. The first-order valence-corrected chi connectivity index (χ1v) is 8.86. The van der Waals surface area contributed by atoms with E-state index in [1.807, 2.05) is 23.6 Å². The van der Waals surface area contributed by atoms with Gasteiger partial charge in [-0.15, -0.1) is 11.3 Å². The van der Waals surface area contributed by atoms with Crippen LogP contribution in [-0.4, -0.2) is 34.2 Å². The van der Waals surface area contributed by atoms with Gasteiger partial charge in [-0.25, -0.2) is 9.78 Å². The number of nitrogens with one attached hydrogen (secondary N) is 3. The number of carbonyl (C=O) groups excluding carboxylic acids is 2. The molecule has 0 unspecified atom stereocenters. The van der Waals surface area contributed by atoms with E-state index in [9.17, 15) is 9.59 Å². The number of nitrogens with zero attached hydrogens (tertiary/aromatic N) is 3. The lowest BCUT2D eigenvalue weighted by Gasteiger charge is -2.11. The van der Waals surface area contributed by atoms with Crippen LogP contribution in [0.25, 0.3) is 10.7 Å². The van der Waals surface area contributed by atoms with Crippen molar-refractivity contribution in [2.45, 2.75) is 13.0 Å². The number of urea groups is 1. The molecule has 1 aliphatic rings. The lowest BCUT2D eigenvalue weighted by atomic mass is 10.1. The number of hydrogen-bond acceptors (Lipinski definition) is 5. The van der Waals surface area contributed by atoms with E-state index in [1.54, 1.807) is 24.3 Å². The Morgan fingerprint density at radius 2 is 2.31 bits per heavy atom. The topological polar surface area (TPSA) is 103 Å². The molecule has 9 heteroatoms. The standard InChI is InChI=1S/C17H16N6O2S/c1-23-13-3-2-10(6-11(13)7-14(23)24)8-19-17(25)21-12-9-20-22-15(12)16-18-4-5-26-16/h2-6,9H,7-8H2,1H3,(H,20,22)(H2,19,21,25). The van der Waals surface area contributed by atoms with Crippen LogP contribution in [0.4, 0.5) is 16.2 Å². The molecule has 26 heavy (non-hydrogen) atoms. The van der Waals surface area contributed by atoms with Crippen molar-refractivity contribution in [1.82, 2.24) is 20.5 Å². The van der Waals surface area contributed by atoms with Gasteiger partial charge >= 0.3 is 6.03 Å². The number of aromatic nitrogens is 3. The molecule has 0 spiro atoms. The summed E-state index contributed by atoms with van der Waals surface area (Å²) in [5.41, 5.74) is 4.09. The number of rotatable bonds is 4. The van der Waals surface area contributed by atoms with Crippen LogP contribution in [0.3, 0.4) is 0 Å². The molecule has 3 aromatic rings. The molecule has 1 aromatic carbocycles. The molecule has 0 fully saturated rings. The fourth-order valence-corrected chi connectivity index (χ4v) is 3.52. The van der Waals surface area contributed by atoms with Crippen molar-refractivity contribution >= 4 is 34.6 Å². The van der Waals surface area contributed by atoms with Gasteiger partial charge in [0.05, 0.1) is 18.3 Å². The molecule has 0 saturated carbocycles. The van der Waals surface area contributed by atoms with Gasteiger partial charge < -0.3 is 15.5 Å². The fraction of sp³-hybridized carbons (Fsp3) is 0.176. The highest BCUT2D eigenvalue weighted by Gasteiger charge is 2.23. The van der Waals surface area contributed by atoms with Crippen LogP contribution >= 0.6 is 11.3 Å². The van der Waals surface area contributed by atoms with E-state index < -0.39 is 0 Å². The first kappa shape index (κ1) is 16.3. The second kappa shape index (κ2) is 6.60. The molecule has 0 radical (unpaired) electrons. The van der Waals surface area contributed by atoms with Crippen LogP contribution in [-0.2, 0) is 17.8 Å². The second-order valence-electron chi connectivity index (χ2n) is 5.90. The molecule has 0 atom stereocenters. The third-order valence-corrected chi connectivity index (χ3v) is 5.00. The average molecular weight is 368 g/mol. The number of carbonyl (C=O) groups is 2. The Hall–Kier alpha value is -3.20. The molecule has 3 N–H and O–H groups in total. The summed E-state index contributed by atoms with van der Waals surface area (Å²) in [4.78, 5) is 29.8. The minimum Gasteiger partial charge on any atom is -0.334 e. The van der Waals surface area contributed by atoms with Crippen LogP contribution in [0.2, 0.25) is 0 Å². The van der Waals surface area contributed by atoms with Crippen molar-refractivity contribution in [2.75, 3.05) is 17.3 Å². The number of hydrogen-bond donors (Lipinski definition) is 3. The Balaban J connectivity index is 1.39. The number of fused-ring (bicyclic) bond motifs is 1. The van der Waals surface area contributed by atoms with E-state index in [0.717, 1.165) is 21.8 Å². The quantitative estimate of drug-likeness (QED) is 0.658. The first-order valence-electron chi connectivity index (χ1n) is 7.98. The molecule has 4 rings (SSSR count). The van der Waals surface area contributed by atoms with Crippen molar-refractivity contribution in [1.29, 1.82) is 0 Å². The summed E-state index contributed by atoms with van der Waals surface area (Å²) in [6.45, 7) is 0.363. The van der Waals surface area contributed by atoms with Crippen molar-refractivity contribution in [2.24, 2.45) is 0 Å². The summed E-state index contributed by atoms with van der Waals surface area (Å²) in [5.74, 6) is 0.0810. The summed E-state index contributed by atoms with van der Waals surface area (Å²) in [6.07, 6.45) is 3.64. The van der Waals surface area contributed by atoms with Gasteiger partial charge in [-0.3, -0.25) is 9.89 Å². The van der Waals surface area contributed by atoms with E-state index >= 15 is 0 Å². The minimum absolute atomic E-state index is 0.0810. The molecular weight excluding hydrogens is 352 g/mol. The number of aromatic amines is 1. The summed E-state index contributed by atoms with van der Waals surface area (Å²) in [7, 11) is 1.77. The lowest BCUT2D eigenvalue weighted by Crippen LogP contribution is -2.28. The van der Waals surface area contributed by atoms with Gasteiger partial charge in [-0.05, 0) is 17.2 Å². The lowest BCUT2D eigenvalue weighted by molar-refractivity contribution is -0.117. The zero-order chi connectivity index (χ0) is 18.1. The monoisotopic (exact) mass is 368 g/mol. The summed E-state index contributed by atoms with van der Waals surface area (Å²) >= 11 is 1.46. The largest absolute Gasteiger partial charge is 0.334 e. The zero-order valence-electron chi connectivity index (χ0n) is 13.9. The maximum absolute atomic E-state index is 12.2. The van der Waals surface area contributed by atoms with Gasteiger partial charge in [0.1, 0.15) is 10.7 Å². The maximum atomic E-state index is 12.2. The van der Waals surface area contributed by atoms with Crippen molar-refractivity contribution < 1.29 is 9.59 Å². The van der Waals surface area contributed by atoms with Crippen LogP contribution in [0.1, 0.15) is 11.1 Å². The fourth-order valence-electron chi connectivity index (χ4n) is 2.87. The van der Waals surface area contributed by atoms with Gasteiger partial charge in [0.25, 0.3) is 0 Å². The number of anilines is 2. The molecule has 3 heterocycles. The minimum atomic E-state index is -0.335. The van der Waals surface area contributed by atoms with E-state index in [4.69, 9.17) is 0 Å². The molecule has 2 aromatic heterocycles. The molecular formula is C17H16N6O2S. The van der Waals surface area contributed by atoms with E-state index in [2.05, 4.69) is 25.8 Å². The predicted octanol–water partition coefficient (Wildman–Crippen LogP) is 2.37. The Morgan fingerprint density at radius 3 is 3.12 bits per heavy atom. The molecule has 0 bridgehead atoms. The molecule has 3 amide bonds. The predicted molar refractivity (Wildman–Crippen MR) is 99.1 cm³/mol. The Labute approximate surface area is 153 Å². The smallest absolute Gasteiger partial charge is 0.319 e. The average Bonchev–Trinajstić information content (AvgIpc) is 3.35. The van der Waals surface area contributed by atoms with Crippen LogP contribution < -0.4 is 15.5 Å². The maximum Gasteiger partial charge on any atom is 0.319 e. The van der Waals surface area contributed by atoms with E-state index in [1.165, 1.54) is 11.3 Å². The molecule has 0 saturated heterocycles. The summed E-state index contributed by atoms with van der Waals surface area (Å²) < 4.78 is 0. The van der Waals surface area contributed by atoms with Crippen molar-refractivity contribution in [3.63, 3.8) is 0 Å². The summed E-state index contributed by atoms with van der Waals surface area (Å²) in [6, 6.07) is 5.44. The number of amides is 3. The number of thiazole rings is 1. The number of benzene rings is 1. The Bertz CT molecular complexity index is 966. The van der Waals surface area contributed by atoms with Gasteiger partial charge in [0.15, 0.2) is 0 Å². The second-order valence-corrected chi connectivity index (χ2v) is 6.79. The SMILES string of the molecule is CN1C(=O)Cc2cc(CNC(=O)Nc3cn[nH]c3-c3nccs3)ccc21. The number of H-pyrrole nitrogens is 1. The number of likely N-dealkylation sites (N-methyl/N-ethyl adjacent to an activating group) is 1. The van der Waals surface area contributed by atoms with Gasteiger partial charge in [-0.1, -0.05) is 12.1 Å². The van der Waals surface area contributed by atoms with Crippen LogP contribution in [0.15, 0.2) is 36.0 Å².